The molecule has 1 saturated carbocycles. The third kappa shape index (κ3) is 2.07. The predicted molar refractivity (Wildman–Crippen MR) is 65.0 cm³/mol. The van der Waals surface area contributed by atoms with E-state index in [1.807, 2.05) is 0 Å². The van der Waals surface area contributed by atoms with Crippen molar-refractivity contribution in [1.29, 1.82) is 0 Å². The molecule has 0 radical (unpaired) electrons. The fourth-order valence-corrected chi connectivity index (χ4v) is 2.40. The van der Waals surface area contributed by atoms with Gasteiger partial charge in [0.15, 0.2) is 0 Å². The van der Waals surface area contributed by atoms with E-state index in [-0.39, 0.29) is 0 Å². The molecule has 1 N–H and O–H groups in total. The van der Waals surface area contributed by atoms with E-state index in [9.17, 15) is 0 Å². The third-order valence-electron chi connectivity index (χ3n) is 3.80. The Balaban J connectivity index is 2.23. The molecular formula is C14H21N. The van der Waals surface area contributed by atoms with Gasteiger partial charge in [-0.1, -0.05) is 25.1 Å². The van der Waals surface area contributed by atoms with Crippen LogP contribution in [0, 0.1) is 25.7 Å². The smallest absolute Gasteiger partial charge is 0.0348 e. The molecular weight excluding hydrogens is 182 g/mol. The number of benzene rings is 1. The van der Waals surface area contributed by atoms with Crippen LogP contribution >= 0.6 is 0 Å². The molecule has 1 heteroatoms. The van der Waals surface area contributed by atoms with Crippen molar-refractivity contribution in [2.75, 3.05) is 7.05 Å². The summed E-state index contributed by atoms with van der Waals surface area (Å²) < 4.78 is 0. The lowest BCUT2D eigenvalue weighted by Gasteiger charge is -2.17. The average Bonchev–Trinajstić information content (AvgIpc) is 2.90. The molecule has 0 aromatic heterocycles. The SMILES string of the molecule is CNC(c1ccc(C)c(C)c1)C1CC1C. The first-order valence-corrected chi connectivity index (χ1v) is 5.88. The molecule has 0 heterocycles. The van der Waals surface area contributed by atoms with Gasteiger partial charge in [-0.25, -0.2) is 0 Å². The lowest BCUT2D eigenvalue weighted by molar-refractivity contribution is 0.504. The van der Waals surface area contributed by atoms with Crippen LogP contribution in [0.5, 0.6) is 0 Å². The Morgan fingerprint density at radius 3 is 2.40 bits per heavy atom. The van der Waals surface area contributed by atoms with Gasteiger partial charge >= 0.3 is 0 Å². The summed E-state index contributed by atoms with van der Waals surface area (Å²) in [6.45, 7) is 6.71. The van der Waals surface area contributed by atoms with Crippen molar-refractivity contribution in [3.8, 4) is 0 Å². The average molecular weight is 203 g/mol. The molecule has 1 aliphatic carbocycles. The highest BCUT2D eigenvalue weighted by molar-refractivity contribution is 5.32. The van der Waals surface area contributed by atoms with E-state index in [4.69, 9.17) is 0 Å². The van der Waals surface area contributed by atoms with Crippen molar-refractivity contribution in [3.05, 3.63) is 34.9 Å². The second-order valence-corrected chi connectivity index (χ2v) is 4.99. The number of rotatable bonds is 3. The summed E-state index contributed by atoms with van der Waals surface area (Å²) in [6, 6.07) is 7.40. The second kappa shape index (κ2) is 3.97. The Bertz CT molecular complexity index is 356. The number of hydrogen-bond donors (Lipinski definition) is 1. The molecule has 1 aliphatic rings. The van der Waals surface area contributed by atoms with Crippen molar-refractivity contribution < 1.29 is 0 Å². The maximum Gasteiger partial charge on any atom is 0.0348 e. The Morgan fingerprint density at radius 2 is 1.93 bits per heavy atom. The highest BCUT2D eigenvalue weighted by atomic mass is 14.9. The lowest BCUT2D eigenvalue weighted by Crippen LogP contribution is -2.19. The minimum Gasteiger partial charge on any atom is -0.313 e. The van der Waals surface area contributed by atoms with Crippen LogP contribution in [0.25, 0.3) is 0 Å². The van der Waals surface area contributed by atoms with Crippen LogP contribution in [-0.4, -0.2) is 7.05 Å². The summed E-state index contributed by atoms with van der Waals surface area (Å²) >= 11 is 0. The number of nitrogens with one attached hydrogen (secondary N) is 1. The summed E-state index contributed by atoms with van der Waals surface area (Å²) in [4.78, 5) is 0. The topological polar surface area (TPSA) is 12.0 Å². The van der Waals surface area contributed by atoms with Crippen molar-refractivity contribution in [1.82, 2.24) is 5.32 Å². The summed E-state index contributed by atoms with van der Waals surface area (Å²) in [5.41, 5.74) is 4.24. The minimum atomic E-state index is 0.555. The van der Waals surface area contributed by atoms with Gasteiger partial charge in [-0.05, 0) is 55.8 Å². The van der Waals surface area contributed by atoms with Crippen molar-refractivity contribution >= 4 is 0 Å². The van der Waals surface area contributed by atoms with Crippen molar-refractivity contribution in [2.45, 2.75) is 33.2 Å². The van der Waals surface area contributed by atoms with E-state index >= 15 is 0 Å². The summed E-state index contributed by atoms with van der Waals surface area (Å²) in [5, 5.41) is 3.46. The zero-order valence-corrected chi connectivity index (χ0v) is 10.2. The fraction of sp³-hybridized carbons (Fsp3) is 0.571. The standard InChI is InChI=1S/C14H21N/c1-9-5-6-12(7-10(9)2)14(15-4)13-8-11(13)3/h5-7,11,13-15H,8H2,1-4H3. The minimum absolute atomic E-state index is 0.555. The van der Waals surface area contributed by atoms with E-state index in [0.29, 0.717) is 6.04 Å². The fourth-order valence-electron chi connectivity index (χ4n) is 2.40. The monoisotopic (exact) mass is 203 g/mol. The van der Waals surface area contributed by atoms with E-state index < -0.39 is 0 Å². The molecule has 3 unspecified atom stereocenters. The van der Waals surface area contributed by atoms with Gasteiger partial charge in [0.1, 0.15) is 0 Å². The molecule has 1 fully saturated rings. The highest BCUT2D eigenvalue weighted by Gasteiger charge is 2.39. The van der Waals surface area contributed by atoms with Gasteiger partial charge in [0.2, 0.25) is 0 Å². The van der Waals surface area contributed by atoms with Crippen LogP contribution in [0.3, 0.4) is 0 Å². The molecule has 15 heavy (non-hydrogen) atoms. The van der Waals surface area contributed by atoms with Crippen molar-refractivity contribution in [2.24, 2.45) is 11.8 Å². The Hall–Kier alpha value is -0.820. The van der Waals surface area contributed by atoms with Gasteiger partial charge in [-0.15, -0.1) is 0 Å². The number of aryl methyl sites for hydroxylation is 2. The largest absolute Gasteiger partial charge is 0.313 e. The molecule has 1 aromatic carbocycles. The first kappa shape index (κ1) is 10.7. The second-order valence-electron chi connectivity index (χ2n) is 4.99. The molecule has 1 aromatic rings. The first-order valence-electron chi connectivity index (χ1n) is 5.88. The molecule has 1 nitrogen and oxygen atoms in total. The zero-order chi connectivity index (χ0) is 11.0. The van der Waals surface area contributed by atoms with Crippen LogP contribution < -0.4 is 5.32 Å². The Morgan fingerprint density at radius 1 is 1.27 bits per heavy atom. The zero-order valence-electron chi connectivity index (χ0n) is 10.2. The van der Waals surface area contributed by atoms with E-state index in [0.717, 1.165) is 11.8 Å². The van der Waals surface area contributed by atoms with Crippen LogP contribution in [0.2, 0.25) is 0 Å². The van der Waals surface area contributed by atoms with Crippen LogP contribution in [-0.2, 0) is 0 Å². The predicted octanol–water partition coefficient (Wildman–Crippen LogP) is 3.22. The van der Waals surface area contributed by atoms with Gasteiger partial charge in [-0.3, -0.25) is 0 Å². The molecule has 0 spiro atoms. The van der Waals surface area contributed by atoms with Gasteiger partial charge in [0.25, 0.3) is 0 Å². The normalized spacial score (nSPS) is 26.4. The summed E-state index contributed by atoms with van der Waals surface area (Å²) in [5.74, 6) is 1.74. The maximum absolute atomic E-state index is 3.46. The van der Waals surface area contributed by atoms with Crippen LogP contribution in [0.1, 0.15) is 36.1 Å². The Kier molecular flexibility index (Phi) is 2.83. The van der Waals surface area contributed by atoms with Gasteiger partial charge in [0, 0.05) is 6.04 Å². The molecule has 3 atom stereocenters. The molecule has 0 bridgehead atoms. The highest BCUT2D eigenvalue weighted by Crippen LogP contribution is 2.46. The maximum atomic E-state index is 3.46. The van der Waals surface area contributed by atoms with Gasteiger partial charge in [-0.2, -0.15) is 0 Å². The quantitative estimate of drug-likeness (QED) is 0.795. The van der Waals surface area contributed by atoms with Gasteiger partial charge in [0.05, 0.1) is 0 Å². The molecule has 82 valence electrons. The van der Waals surface area contributed by atoms with Crippen LogP contribution in [0.4, 0.5) is 0 Å². The molecule has 0 saturated heterocycles. The van der Waals surface area contributed by atoms with E-state index in [1.165, 1.54) is 23.1 Å². The Labute approximate surface area is 92.9 Å². The molecule has 0 amide bonds. The van der Waals surface area contributed by atoms with E-state index in [2.05, 4.69) is 51.3 Å². The summed E-state index contributed by atoms with van der Waals surface area (Å²) in [6.07, 6.45) is 1.37. The first-order chi connectivity index (χ1) is 7.13. The lowest BCUT2D eigenvalue weighted by atomic mass is 9.97. The van der Waals surface area contributed by atoms with Gasteiger partial charge < -0.3 is 5.32 Å². The van der Waals surface area contributed by atoms with Crippen LogP contribution in [0.15, 0.2) is 18.2 Å². The molecule has 0 aliphatic heterocycles. The third-order valence-corrected chi connectivity index (χ3v) is 3.80. The number of hydrogen-bond acceptors (Lipinski definition) is 1. The van der Waals surface area contributed by atoms with Crippen molar-refractivity contribution in [3.63, 3.8) is 0 Å². The summed E-state index contributed by atoms with van der Waals surface area (Å²) in [7, 11) is 2.07. The molecule has 2 rings (SSSR count). The van der Waals surface area contributed by atoms with E-state index in [1.54, 1.807) is 0 Å².